The van der Waals surface area contributed by atoms with Crippen LogP contribution in [0.5, 0.6) is 0 Å². The molecule has 0 aliphatic carbocycles. The number of anilines is 1. The topological polar surface area (TPSA) is 90.9 Å². The quantitative estimate of drug-likeness (QED) is 0.348. The molecule has 1 saturated heterocycles. The SMILES string of the molecule is CN(C)C1CCCN(c2nnccc2/C(N)=N/O)C1. The van der Waals surface area contributed by atoms with Gasteiger partial charge in [-0.25, -0.2) is 0 Å². The minimum atomic E-state index is 0.0666. The predicted octanol–water partition coefficient (Wildman–Crippen LogP) is 0.102. The lowest BCUT2D eigenvalue weighted by atomic mass is 10.0. The van der Waals surface area contributed by atoms with Crippen molar-refractivity contribution in [3.8, 4) is 0 Å². The fraction of sp³-hybridized carbons (Fsp3) is 0.583. The molecule has 0 aromatic carbocycles. The standard InChI is InChI=1S/C12H20N6O/c1-17(2)9-4-3-7-18(8-9)12-10(11(13)16-19)5-6-14-15-12/h5-6,9,19H,3-4,7-8H2,1-2H3,(H2,13,16). The van der Waals surface area contributed by atoms with Gasteiger partial charge in [0, 0.05) is 19.1 Å². The Kier molecular flexibility index (Phi) is 4.16. The molecule has 104 valence electrons. The molecule has 0 amide bonds. The fourth-order valence-electron chi connectivity index (χ4n) is 2.38. The van der Waals surface area contributed by atoms with E-state index in [-0.39, 0.29) is 5.84 Å². The van der Waals surface area contributed by atoms with Crippen molar-refractivity contribution >= 4 is 11.7 Å². The number of aromatic nitrogens is 2. The number of rotatable bonds is 3. The van der Waals surface area contributed by atoms with Gasteiger partial charge < -0.3 is 20.7 Å². The third kappa shape index (κ3) is 2.93. The first kappa shape index (κ1) is 13.5. The highest BCUT2D eigenvalue weighted by atomic mass is 16.4. The Balaban J connectivity index is 2.26. The van der Waals surface area contributed by atoms with E-state index in [9.17, 15) is 0 Å². The van der Waals surface area contributed by atoms with Crippen molar-refractivity contribution in [3.63, 3.8) is 0 Å². The molecule has 1 aromatic rings. The third-order valence-corrected chi connectivity index (χ3v) is 3.51. The molecule has 1 aliphatic rings. The first-order chi connectivity index (χ1) is 9.13. The van der Waals surface area contributed by atoms with E-state index in [1.54, 1.807) is 12.3 Å². The van der Waals surface area contributed by atoms with Gasteiger partial charge in [-0.2, -0.15) is 5.10 Å². The zero-order valence-electron chi connectivity index (χ0n) is 11.3. The predicted molar refractivity (Wildman–Crippen MR) is 73.5 cm³/mol. The maximum atomic E-state index is 8.84. The molecular weight excluding hydrogens is 244 g/mol. The van der Waals surface area contributed by atoms with Gasteiger partial charge in [0.05, 0.1) is 11.8 Å². The molecule has 2 rings (SSSR count). The lowest BCUT2D eigenvalue weighted by Gasteiger charge is -2.37. The minimum absolute atomic E-state index is 0.0666. The molecule has 1 aromatic heterocycles. The zero-order valence-corrected chi connectivity index (χ0v) is 11.3. The second-order valence-electron chi connectivity index (χ2n) is 4.96. The van der Waals surface area contributed by atoms with Crippen molar-refractivity contribution in [1.29, 1.82) is 0 Å². The highest BCUT2D eigenvalue weighted by Crippen LogP contribution is 2.22. The molecule has 1 aliphatic heterocycles. The smallest absolute Gasteiger partial charge is 0.173 e. The van der Waals surface area contributed by atoms with E-state index in [0.29, 0.717) is 17.4 Å². The van der Waals surface area contributed by atoms with Gasteiger partial charge in [-0.3, -0.25) is 0 Å². The van der Waals surface area contributed by atoms with Crippen LogP contribution in [0.4, 0.5) is 5.82 Å². The Morgan fingerprint density at radius 3 is 3.05 bits per heavy atom. The van der Waals surface area contributed by atoms with E-state index in [2.05, 4.69) is 39.2 Å². The number of piperidine rings is 1. The molecule has 1 atom stereocenters. The van der Waals surface area contributed by atoms with E-state index in [4.69, 9.17) is 10.9 Å². The Morgan fingerprint density at radius 1 is 1.58 bits per heavy atom. The van der Waals surface area contributed by atoms with E-state index in [1.165, 1.54) is 6.42 Å². The number of hydrogen-bond donors (Lipinski definition) is 2. The summed E-state index contributed by atoms with van der Waals surface area (Å²) >= 11 is 0. The van der Waals surface area contributed by atoms with Gasteiger partial charge in [0.2, 0.25) is 0 Å². The average molecular weight is 264 g/mol. The van der Waals surface area contributed by atoms with Crippen LogP contribution in [0.15, 0.2) is 17.4 Å². The van der Waals surface area contributed by atoms with Crippen molar-refractivity contribution in [2.75, 3.05) is 32.1 Å². The summed E-state index contributed by atoms with van der Waals surface area (Å²) < 4.78 is 0. The maximum absolute atomic E-state index is 8.84. The van der Waals surface area contributed by atoms with Crippen LogP contribution in [0.3, 0.4) is 0 Å². The van der Waals surface area contributed by atoms with Crippen LogP contribution in [0.25, 0.3) is 0 Å². The van der Waals surface area contributed by atoms with E-state index >= 15 is 0 Å². The molecule has 1 fully saturated rings. The van der Waals surface area contributed by atoms with Crippen molar-refractivity contribution in [2.24, 2.45) is 10.9 Å². The first-order valence-electron chi connectivity index (χ1n) is 6.34. The third-order valence-electron chi connectivity index (χ3n) is 3.51. The summed E-state index contributed by atoms with van der Waals surface area (Å²) in [5, 5.41) is 20.0. The van der Waals surface area contributed by atoms with E-state index in [1.807, 2.05) is 0 Å². The van der Waals surface area contributed by atoms with Gasteiger partial charge in [0.25, 0.3) is 0 Å². The number of likely N-dealkylation sites (N-methyl/N-ethyl adjacent to an activating group) is 1. The Morgan fingerprint density at radius 2 is 2.37 bits per heavy atom. The van der Waals surface area contributed by atoms with Crippen LogP contribution < -0.4 is 10.6 Å². The second kappa shape index (κ2) is 5.83. The van der Waals surface area contributed by atoms with Crippen molar-refractivity contribution < 1.29 is 5.21 Å². The van der Waals surface area contributed by atoms with Crippen LogP contribution in [0, 0.1) is 0 Å². The van der Waals surface area contributed by atoms with Crippen LogP contribution >= 0.6 is 0 Å². The molecule has 3 N–H and O–H groups in total. The molecule has 0 radical (unpaired) electrons. The first-order valence-corrected chi connectivity index (χ1v) is 6.34. The number of oxime groups is 1. The summed E-state index contributed by atoms with van der Waals surface area (Å²) in [6.07, 6.45) is 3.81. The second-order valence-corrected chi connectivity index (χ2v) is 4.96. The normalized spacial score (nSPS) is 20.9. The van der Waals surface area contributed by atoms with Crippen LogP contribution in [-0.4, -0.2) is 59.4 Å². The highest BCUT2D eigenvalue weighted by molar-refractivity contribution is 6.01. The highest BCUT2D eigenvalue weighted by Gasteiger charge is 2.24. The maximum Gasteiger partial charge on any atom is 0.173 e. The summed E-state index contributed by atoms with van der Waals surface area (Å²) in [6.45, 7) is 1.78. The van der Waals surface area contributed by atoms with E-state index in [0.717, 1.165) is 19.5 Å². The van der Waals surface area contributed by atoms with Gasteiger partial charge in [-0.05, 0) is 33.0 Å². The van der Waals surface area contributed by atoms with Crippen LogP contribution in [0.2, 0.25) is 0 Å². The summed E-state index contributed by atoms with van der Waals surface area (Å²) in [6, 6.07) is 2.20. The van der Waals surface area contributed by atoms with Crippen molar-refractivity contribution in [1.82, 2.24) is 15.1 Å². The average Bonchev–Trinajstić information content (AvgIpc) is 2.46. The van der Waals surface area contributed by atoms with Gasteiger partial charge in [0.15, 0.2) is 11.7 Å². The fourth-order valence-corrected chi connectivity index (χ4v) is 2.38. The minimum Gasteiger partial charge on any atom is -0.409 e. The lowest BCUT2D eigenvalue weighted by Crippen LogP contribution is -2.46. The van der Waals surface area contributed by atoms with Crippen LogP contribution in [0.1, 0.15) is 18.4 Å². The van der Waals surface area contributed by atoms with Crippen molar-refractivity contribution in [3.05, 3.63) is 17.8 Å². The Hall–Kier alpha value is -1.89. The lowest BCUT2D eigenvalue weighted by molar-refractivity contribution is 0.257. The molecular formula is C12H20N6O. The molecule has 2 heterocycles. The number of nitrogens with two attached hydrogens (primary N) is 1. The molecule has 0 spiro atoms. The molecule has 19 heavy (non-hydrogen) atoms. The van der Waals surface area contributed by atoms with Crippen LogP contribution in [-0.2, 0) is 0 Å². The number of nitrogens with zero attached hydrogens (tertiary/aromatic N) is 5. The molecule has 7 nitrogen and oxygen atoms in total. The monoisotopic (exact) mass is 264 g/mol. The zero-order chi connectivity index (χ0) is 13.8. The van der Waals surface area contributed by atoms with Gasteiger partial charge in [0.1, 0.15) is 0 Å². The number of amidine groups is 1. The summed E-state index contributed by atoms with van der Waals surface area (Å²) in [4.78, 5) is 4.36. The summed E-state index contributed by atoms with van der Waals surface area (Å²) in [5.74, 6) is 0.751. The molecule has 1 unspecified atom stereocenters. The summed E-state index contributed by atoms with van der Waals surface area (Å²) in [5.41, 5.74) is 6.31. The largest absolute Gasteiger partial charge is 0.409 e. The van der Waals surface area contributed by atoms with Gasteiger partial charge in [-0.1, -0.05) is 5.16 Å². The molecule has 0 bridgehead atoms. The van der Waals surface area contributed by atoms with Gasteiger partial charge in [-0.15, -0.1) is 5.10 Å². The van der Waals surface area contributed by atoms with E-state index < -0.39 is 0 Å². The molecule has 7 heteroatoms. The Bertz CT molecular complexity index is 461. The summed E-state index contributed by atoms with van der Waals surface area (Å²) in [7, 11) is 4.16. The van der Waals surface area contributed by atoms with Crippen molar-refractivity contribution in [2.45, 2.75) is 18.9 Å². The van der Waals surface area contributed by atoms with Gasteiger partial charge >= 0.3 is 0 Å². The number of hydrogen-bond acceptors (Lipinski definition) is 6. The molecule has 0 saturated carbocycles. The Labute approximate surface area is 112 Å².